The summed E-state index contributed by atoms with van der Waals surface area (Å²) < 4.78 is 0. The monoisotopic (exact) mass is 467 g/mol. The molecule has 0 saturated heterocycles. The maximum atomic E-state index is 12.6. The smallest absolute Gasteiger partial charge is 0.269 e. The van der Waals surface area contributed by atoms with E-state index in [1.165, 1.54) is 25.1 Å². The molecule has 0 spiro atoms. The van der Waals surface area contributed by atoms with Gasteiger partial charge in [0.2, 0.25) is 0 Å². The number of dihydropyridines is 1. The van der Waals surface area contributed by atoms with Gasteiger partial charge in [-0.3, -0.25) is 19.7 Å². The number of carbonyl (C=O) groups is 2. The largest absolute Gasteiger partial charge is 0.353 e. The van der Waals surface area contributed by atoms with E-state index >= 15 is 0 Å². The van der Waals surface area contributed by atoms with E-state index < -0.39 is 10.8 Å². The number of rotatable bonds is 7. The van der Waals surface area contributed by atoms with Gasteiger partial charge in [0.25, 0.3) is 5.69 Å². The van der Waals surface area contributed by atoms with E-state index in [4.69, 9.17) is 11.6 Å². The first kappa shape index (κ1) is 23.3. The number of allylic oxidation sites excluding steroid dienone is 3. The number of halogens is 1. The predicted octanol–water partition coefficient (Wildman–Crippen LogP) is 5.15. The average Bonchev–Trinajstić information content (AvgIpc) is 2.77. The summed E-state index contributed by atoms with van der Waals surface area (Å²) in [6, 6.07) is 14.5. The SMILES string of the molecule is CC(=O)C1=C(C)NC(SCC(=O)c2ccc(Cl)cc2)=C(C#N)[C@H]1c1cccc([N+](=O)[O-])c1. The zero-order valence-corrected chi connectivity index (χ0v) is 18.8. The predicted molar refractivity (Wildman–Crippen MR) is 123 cm³/mol. The lowest BCUT2D eigenvalue weighted by molar-refractivity contribution is -0.384. The molecule has 0 unspecified atom stereocenters. The van der Waals surface area contributed by atoms with E-state index in [1.54, 1.807) is 37.3 Å². The Morgan fingerprint density at radius 3 is 2.53 bits per heavy atom. The van der Waals surface area contributed by atoms with Crippen molar-refractivity contribution in [1.29, 1.82) is 5.26 Å². The molecule has 2 aromatic carbocycles. The highest BCUT2D eigenvalue weighted by atomic mass is 35.5. The number of hydrogen-bond donors (Lipinski definition) is 1. The highest BCUT2D eigenvalue weighted by molar-refractivity contribution is 8.03. The minimum absolute atomic E-state index is 0.0550. The van der Waals surface area contributed by atoms with Crippen molar-refractivity contribution in [2.75, 3.05) is 5.75 Å². The first-order chi connectivity index (χ1) is 15.2. The van der Waals surface area contributed by atoms with Crippen molar-refractivity contribution in [3.8, 4) is 6.07 Å². The number of ketones is 2. The average molecular weight is 468 g/mol. The molecule has 1 heterocycles. The van der Waals surface area contributed by atoms with Gasteiger partial charge in [-0.05, 0) is 43.7 Å². The normalized spacial score (nSPS) is 15.8. The lowest BCUT2D eigenvalue weighted by Gasteiger charge is -2.29. The third-order valence-electron chi connectivity index (χ3n) is 4.95. The van der Waals surface area contributed by atoms with Crippen LogP contribution in [0.2, 0.25) is 5.02 Å². The summed E-state index contributed by atoms with van der Waals surface area (Å²) in [5, 5.41) is 25.2. The number of nitrogens with one attached hydrogen (secondary N) is 1. The van der Waals surface area contributed by atoms with Crippen LogP contribution in [0, 0.1) is 21.4 Å². The fourth-order valence-electron chi connectivity index (χ4n) is 3.50. The Morgan fingerprint density at radius 2 is 1.94 bits per heavy atom. The number of benzene rings is 2. The number of non-ortho nitro benzene ring substituents is 1. The quantitative estimate of drug-likeness (QED) is 0.340. The molecule has 2 aromatic rings. The lowest BCUT2D eigenvalue weighted by atomic mass is 9.81. The standard InChI is InChI=1S/C23H18ClN3O4S/c1-13-21(14(2)28)22(16-4-3-5-18(10-16)27(30)31)19(11-25)23(26-13)32-12-20(29)15-6-8-17(24)9-7-15/h3-10,22,26H,12H2,1-2H3/t22-/m1/s1. The van der Waals surface area contributed by atoms with Gasteiger partial charge in [0.15, 0.2) is 11.6 Å². The number of hydrogen-bond acceptors (Lipinski definition) is 7. The van der Waals surface area contributed by atoms with E-state index in [9.17, 15) is 25.0 Å². The molecule has 162 valence electrons. The number of nitro benzene ring substituents is 1. The first-order valence-electron chi connectivity index (χ1n) is 9.51. The molecule has 3 rings (SSSR count). The zero-order valence-electron chi connectivity index (χ0n) is 17.2. The number of Topliss-reactive ketones (excluding diaryl/α,β-unsaturated/α-hetero) is 2. The van der Waals surface area contributed by atoms with Crippen LogP contribution in [-0.2, 0) is 4.79 Å². The maximum absolute atomic E-state index is 12.6. The summed E-state index contributed by atoms with van der Waals surface area (Å²) in [6.07, 6.45) is 0. The van der Waals surface area contributed by atoms with Gasteiger partial charge in [0, 0.05) is 34.0 Å². The van der Waals surface area contributed by atoms with E-state index in [-0.39, 0.29) is 28.6 Å². The van der Waals surface area contributed by atoms with Crippen LogP contribution in [0.25, 0.3) is 0 Å². The number of nitriles is 1. The van der Waals surface area contributed by atoms with Crippen molar-refractivity contribution in [3.63, 3.8) is 0 Å². The number of nitro groups is 1. The number of thioether (sulfide) groups is 1. The van der Waals surface area contributed by atoms with Gasteiger partial charge in [-0.1, -0.05) is 35.5 Å². The zero-order chi connectivity index (χ0) is 23.4. The third-order valence-corrected chi connectivity index (χ3v) is 6.22. The lowest BCUT2D eigenvalue weighted by Crippen LogP contribution is -2.27. The fourth-order valence-corrected chi connectivity index (χ4v) is 4.61. The molecule has 1 aliphatic rings. The van der Waals surface area contributed by atoms with Gasteiger partial charge in [-0.25, -0.2) is 0 Å². The molecule has 0 amide bonds. The molecule has 0 radical (unpaired) electrons. The molecule has 0 aromatic heterocycles. The Morgan fingerprint density at radius 1 is 1.25 bits per heavy atom. The Kier molecular flexibility index (Phi) is 7.13. The van der Waals surface area contributed by atoms with Crippen LogP contribution in [0.5, 0.6) is 0 Å². The Balaban J connectivity index is 1.99. The summed E-state index contributed by atoms with van der Waals surface area (Å²) in [4.78, 5) is 35.7. The maximum Gasteiger partial charge on any atom is 0.269 e. The summed E-state index contributed by atoms with van der Waals surface area (Å²) in [6.45, 7) is 3.10. The highest BCUT2D eigenvalue weighted by Crippen LogP contribution is 2.41. The fraction of sp³-hybridized carbons (Fsp3) is 0.174. The number of carbonyl (C=O) groups excluding carboxylic acids is 2. The first-order valence-corrected chi connectivity index (χ1v) is 10.9. The van der Waals surface area contributed by atoms with Crippen molar-refractivity contribution >= 4 is 40.6 Å². The molecule has 1 aliphatic heterocycles. The molecule has 0 fully saturated rings. The molecule has 0 saturated carbocycles. The van der Waals surface area contributed by atoms with Crippen molar-refractivity contribution < 1.29 is 14.5 Å². The van der Waals surface area contributed by atoms with Gasteiger partial charge < -0.3 is 5.32 Å². The second-order valence-corrected chi connectivity index (χ2v) is 8.50. The van der Waals surface area contributed by atoms with E-state index in [0.717, 1.165) is 11.8 Å². The van der Waals surface area contributed by atoms with E-state index in [0.29, 0.717) is 32.4 Å². The van der Waals surface area contributed by atoms with Gasteiger partial charge in [0.1, 0.15) is 0 Å². The molecule has 9 heteroatoms. The Labute approximate surface area is 193 Å². The Hall–Kier alpha value is -3.41. The molecule has 0 bridgehead atoms. The summed E-state index contributed by atoms with van der Waals surface area (Å²) in [7, 11) is 0. The molecular formula is C23H18ClN3O4S. The van der Waals surface area contributed by atoms with Gasteiger partial charge in [-0.15, -0.1) is 0 Å². The number of nitrogens with zero attached hydrogens (tertiary/aromatic N) is 2. The summed E-state index contributed by atoms with van der Waals surface area (Å²) in [5.74, 6) is -1.11. The van der Waals surface area contributed by atoms with Crippen LogP contribution < -0.4 is 5.32 Å². The molecular weight excluding hydrogens is 450 g/mol. The van der Waals surface area contributed by atoms with Crippen molar-refractivity contribution in [2.45, 2.75) is 19.8 Å². The van der Waals surface area contributed by atoms with Gasteiger partial charge in [0.05, 0.1) is 33.3 Å². The van der Waals surface area contributed by atoms with Crippen molar-refractivity contribution in [3.05, 3.63) is 96.7 Å². The van der Waals surface area contributed by atoms with Crippen LogP contribution in [0.3, 0.4) is 0 Å². The third kappa shape index (κ3) is 4.90. The summed E-state index contributed by atoms with van der Waals surface area (Å²) in [5.41, 5.74) is 1.94. The Bertz CT molecular complexity index is 1210. The minimum Gasteiger partial charge on any atom is -0.353 e. The summed E-state index contributed by atoms with van der Waals surface area (Å²) >= 11 is 7.02. The second-order valence-electron chi connectivity index (χ2n) is 7.08. The van der Waals surface area contributed by atoms with Crippen LogP contribution in [0.15, 0.2) is 70.4 Å². The van der Waals surface area contributed by atoms with Gasteiger partial charge in [-0.2, -0.15) is 5.26 Å². The van der Waals surface area contributed by atoms with Gasteiger partial charge >= 0.3 is 0 Å². The van der Waals surface area contributed by atoms with Crippen molar-refractivity contribution in [1.82, 2.24) is 5.32 Å². The van der Waals surface area contributed by atoms with Crippen LogP contribution >= 0.6 is 23.4 Å². The van der Waals surface area contributed by atoms with E-state index in [2.05, 4.69) is 11.4 Å². The minimum atomic E-state index is -0.771. The van der Waals surface area contributed by atoms with Crippen LogP contribution in [0.4, 0.5) is 5.69 Å². The van der Waals surface area contributed by atoms with E-state index in [1.807, 2.05) is 0 Å². The molecule has 7 nitrogen and oxygen atoms in total. The second kappa shape index (κ2) is 9.81. The van der Waals surface area contributed by atoms with Crippen LogP contribution in [0.1, 0.15) is 35.7 Å². The molecule has 1 atom stereocenters. The molecule has 32 heavy (non-hydrogen) atoms. The topological polar surface area (TPSA) is 113 Å². The van der Waals surface area contributed by atoms with Crippen LogP contribution in [-0.4, -0.2) is 22.2 Å². The van der Waals surface area contributed by atoms with Crippen molar-refractivity contribution in [2.24, 2.45) is 0 Å². The molecule has 1 N–H and O–H groups in total. The molecule has 0 aliphatic carbocycles. The highest BCUT2D eigenvalue weighted by Gasteiger charge is 2.34.